The van der Waals surface area contributed by atoms with Crippen LogP contribution in [0, 0.1) is 0 Å². The van der Waals surface area contributed by atoms with Crippen LogP contribution in [0.3, 0.4) is 0 Å². The van der Waals surface area contributed by atoms with Gasteiger partial charge in [0, 0.05) is 12.1 Å². The van der Waals surface area contributed by atoms with Crippen LogP contribution in [-0.4, -0.2) is 30.6 Å². The molecular formula is C19H18ClNO3. The molecular weight excluding hydrogens is 326 g/mol. The maximum Gasteiger partial charge on any atom is 0.254 e. The lowest BCUT2D eigenvalue weighted by molar-refractivity contribution is 0.0734. The number of ether oxygens (including phenoxy) is 2. The number of fused-ring (bicyclic) bond motifs is 1. The summed E-state index contributed by atoms with van der Waals surface area (Å²) in [6.45, 7) is 1.70. The van der Waals surface area contributed by atoms with E-state index < -0.39 is 0 Å². The molecule has 0 N–H and O–H groups in total. The summed E-state index contributed by atoms with van der Waals surface area (Å²) < 4.78 is 11.1. The van der Waals surface area contributed by atoms with E-state index in [1.807, 2.05) is 23.1 Å². The van der Waals surface area contributed by atoms with E-state index in [1.54, 1.807) is 12.1 Å². The van der Waals surface area contributed by atoms with Crippen molar-refractivity contribution in [1.82, 2.24) is 4.90 Å². The van der Waals surface area contributed by atoms with Gasteiger partial charge in [-0.1, -0.05) is 41.9 Å². The molecule has 2 heterocycles. The Morgan fingerprint density at radius 1 is 1.12 bits per heavy atom. The highest BCUT2D eigenvalue weighted by molar-refractivity contribution is 6.32. The number of carbonyl (C=O) groups is 1. The van der Waals surface area contributed by atoms with Crippen molar-refractivity contribution in [1.29, 1.82) is 0 Å². The summed E-state index contributed by atoms with van der Waals surface area (Å²) >= 11 is 6.28. The highest BCUT2D eigenvalue weighted by atomic mass is 35.5. The summed E-state index contributed by atoms with van der Waals surface area (Å²) in [6.07, 6.45) is 1.98. The molecule has 0 aliphatic carbocycles. The van der Waals surface area contributed by atoms with E-state index in [2.05, 4.69) is 12.1 Å². The third kappa shape index (κ3) is 2.71. The average Bonchev–Trinajstić information content (AvgIpc) is 3.11. The Hall–Kier alpha value is -2.20. The topological polar surface area (TPSA) is 38.8 Å². The highest BCUT2D eigenvalue weighted by Gasteiger charge is 2.31. The highest BCUT2D eigenvalue weighted by Crippen LogP contribution is 2.40. The van der Waals surface area contributed by atoms with E-state index in [-0.39, 0.29) is 11.9 Å². The predicted molar refractivity (Wildman–Crippen MR) is 91.9 cm³/mol. The Morgan fingerprint density at radius 3 is 2.75 bits per heavy atom. The fourth-order valence-electron chi connectivity index (χ4n) is 3.43. The molecule has 0 spiro atoms. The molecule has 0 radical (unpaired) electrons. The third-order valence-corrected chi connectivity index (χ3v) is 4.82. The minimum atomic E-state index is -0.0137. The fraction of sp³-hybridized carbons (Fsp3) is 0.316. The lowest BCUT2D eigenvalue weighted by atomic mass is 10.0. The standard InChI is InChI=1S/C19H18ClNO3/c20-15-11-14(12-17-18(15)24-10-9-23-17)19(22)21-8-4-7-16(21)13-5-2-1-3-6-13/h1-3,5-6,11-12,16H,4,7-10H2. The van der Waals surface area contributed by atoms with Gasteiger partial charge in [-0.05, 0) is 30.5 Å². The van der Waals surface area contributed by atoms with E-state index in [1.165, 1.54) is 5.56 Å². The van der Waals surface area contributed by atoms with Gasteiger partial charge >= 0.3 is 0 Å². The minimum absolute atomic E-state index is 0.0137. The average molecular weight is 344 g/mol. The van der Waals surface area contributed by atoms with Crippen molar-refractivity contribution < 1.29 is 14.3 Å². The zero-order chi connectivity index (χ0) is 16.5. The minimum Gasteiger partial charge on any atom is -0.486 e. The largest absolute Gasteiger partial charge is 0.486 e. The second-order valence-corrected chi connectivity index (χ2v) is 6.46. The zero-order valence-corrected chi connectivity index (χ0v) is 14.0. The second kappa shape index (κ2) is 6.36. The Kier molecular flexibility index (Phi) is 4.07. The zero-order valence-electron chi connectivity index (χ0n) is 13.2. The normalized spacial score (nSPS) is 19.4. The van der Waals surface area contributed by atoms with Gasteiger partial charge in [-0.2, -0.15) is 0 Å². The predicted octanol–water partition coefficient (Wildman–Crippen LogP) is 4.09. The first-order chi connectivity index (χ1) is 11.7. The van der Waals surface area contributed by atoms with Gasteiger partial charge in [-0.3, -0.25) is 4.79 Å². The van der Waals surface area contributed by atoms with Gasteiger partial charge in [0.25, 0.3) is 5.91 Å². The van der Waals surface area contributed by atoms with Crippen LogP contribution in [0.5, 0.6) is 11.5 Å². The molecule has 1 unspecified atom stereocenters. The van der Waals surface area contributed by atoms with Gasteiger partial charge in [0.1, 0.15) is 13.2 Å². The molecule has 0 bridgehead atoms. The lowest BCUT2D eigenvalue weighted by Crippen LogP contribution is -2.30. The molecule has 1 amide bonds. The van der Waals surface area contributed by atoms with Gasteiger partial charge in [0.05, 0.1) is 11.1 Å². The summed E-state index contributed by atoms with van der Waals surface area (Å²) in [6, 6.07) is 13.7. The van der Waals surface area contributed by atoms with Gasteiger partial charge in [-0.15, -0.1) is 0 Å². The van der Waals surface area contributed by atoms with Crippen molar-refractivity contribution in [2.75, 3.05) is 19.8 Å². The second-order valence-electron chi connectivity index (χ2n) is 6.05. The number of nitrogens with zero attached hydrogens (tertiary/aromatic N) is 1. The van der Waals surface area contributed by atoms with Crippen molar-refractivity contribution in [3.63, 3.8) is 0 Å². The molecule has 124 valence electrons. The van der Waals surface area contributed by atoms with Crippen LogP contribution in [0.4, 0.5) is 0 Å². The van der Waals surface area contributed by atoms with Crippen molar-refractivity contribution in [3.05, 3.63) is 58.6 Å². The smallest absolute Gasteiger partial charge is 0.254 e. The number of likely N-dealkylation sites (tertiary alicyclic amines) is 1. The fourth-order valence-corrected chi connectivity index (χ4v) is 3.70. The number of carbonyl (C=O) groups excluding carboxylic acids is 1. The monoisotopic (exact) mass is 343 g/mol. The summed E-state index contributed by atoms with van der Waals surface area (Å²) in [5, 5.41) is 0.422. The molecule has 1 saturated heterocycles. The summed E-state index contributed by atoms with van der Waals surface area (Å²) in [4.78, 5) is 15.0. The molecule has 2 aromatic rings. The van der Waals surface area contributed by atoms with Crippen molar-refractivity contribution >= 4 is 17.5 Å². The number of amides is 1. The van der Waals surface area contributed by atoms with Crippen molar-refractivity contribution in [2.45, 2.75) is 18.9 Å². The maximum atomic E-state index is 13.0. The first-order valence-electron chi connectivity index (χ1n) is 8.19. The number of benzene rings is 2. The van der Waals surface area contributed by atoms with E-state index >= 15 is 0 Å². The number of hydrogen-bond acceptors (Lipinski definition) is 3. The van der Waals surface area contributed by atoms with Gasteiger partial charge < -0.3 is 14.4 Å². The van der Waals surface area contributed by atoms with Crippen molar-refractivity contribution in [3.8, 4) is 11.5 Å². The molecule has 2 aliphatic heterocycles. The van der Waals surface area contributed by atoms with Crippen LogP contribution in [0.15, 0.2) is 42.5 Å². The quantitative estimate of drug-likeness (QED) is 0.824. The molecule has 4 nitrogen and oxygen atoms in total. The first-order valence-corrected chi connectivity index (χ1v) is 8.57. The van der Waals surface area contributed by atoms with E-state index in [0.29, 0.717) is 35.3 Å². The Morgan fingerprint density at radius 2 is 1.92 bits per heavy atom. The van der Waals surface area contributed by atoms with Crippen molar-refractivity contribution in [2.24, 2.45) is 0 Å². The van der Waals surface area contributed by atoms with Crippen LogP contribution in [0.1, 0.15) is 34.8 Å². The molecule has 2 aromatic carbocycles. The molecule has 1 fully saturated rings. The van der Waals surface area contributed by atoms with E-state index in [0.717, 1.165) is 19.4 Å². The SMILES string of the molecule is O=C(c1cc(Cl)c2c(c1)OCCO2)N1CCCC1c1ccccc1. The molecule has 24 heavy (non-hydrogen) atoms. The number of rotatable bonds is 2. The van der Waals surface area contributed by atoms with E-state index in [4.69, 9.17) is 21.1 Å². The summed E-state index contributed by atoms with van der Waals surface area (Å²) in [5.41, 5.74) is 1.72. The van der Waals surface area contributed by atoms with Crippen LogP contribution >= 0.6 is 11.6 Å². The van der Waals surface area contributed by atoms with Crippen LogP contribution in [0.2, 0.25) is 5.02 Å². The Labute approximate surface area is 145 Å². The first kappa shape index (κ1) is 15.3. The third-order valence-electron chi connectivity index (χ3n) is 4.54. The Bertz CT molecular complexity index is 763. The molecule has 5 heteroatoms. The maximum absolute atomic E-state index is 13.0. The molecule has 1 atom stereocenters. The number of hydrogen-bond donors (Lipinski definition) is 0. The van der Waals surface area contributed by atoms with E-state index in [9.17, 15) is 4.79 Å². The summed E-state index contributed by atoms with van der Waals surface area (Å²) in [7, 11) is 0. The summed E-state index contributed by atoms with van der Waals surface area (Å²) in [5.74, 6) is 1.06. The van der Waals surface area contributed by atoms with Gasteiger partial charge in [0.15, 0.2) is 11.5 Å². The van der Waals surface area contributed by atoms with Crippen LogP contribution < -0.4 is 9.47 Å². The van der Waals surface area contributed by atoms with Crippen LogP contribution in [-0.2, 0) is 0 Å². The molecule has 2 aliphatic rings. The lowest BCUT2D eigenvalue weighted by Gasteiger charge is -2.26. The van der Waals surface area contributed by atoms with Crippen LogP contribution in [0.25, 0.3) is 0 Å². The molecule has 4 rings (SSSR count). The number of halogens is 1. The Balaban J connectivity index is 1.65. The van der Waals surface area contributed by atoms with Gasteiger partial charge in [-0.25, -0.2) is 0 Å². The molecule has 0 aromatic heterocycles. The molecule has 0 saturated carbocycles. The van der Waals surface area contributed by atoms with Gasteiger partial charge in [0.2, 0.25) is 0 Å².